The molecule has 0 heterocycles. The summed E-state index contributed by atoms with van der Waals surface area (Å²) in [5.74, 6) is 0.607. The van der Waals surface area contributed by atoms with E-state index in [-0.39, 0.29) is 5.91 Å². The van der Waals surface area contributed by atoms with Crippen molar-refractivity contribution in [2.75, 3.05) is 12.0 Å². The minimum Gasteiger partial charge on any atom is -0.342 e. The van der Waals surface area contributed by atoms with E-state index in [2.05, 4.69) is 5.32 Å². The number of benzene rings is 1. The third kappa shape index (κ3) is 4.50. The third-order valence-corrected chi connectivity index (χ3v) is 3.18. The van der Waals surface area contributed by atoms with Crippen LogP contribution in [0.1, 0.15) is 22.3 Å². The van der Waals surface area contributed by atoms with E-state index in [4.69, 9.17) is 5.73 Å². The van der Waals surface area contributed by atoms with E-state index in [9.17, 15) is 9.59 Å². The first-order chi connectivity index (χ1) is 8.71. The lowest BCUT2D eigenvalue weighted by molar-refractivity contribution is -0.109. The molecule has 0 saturated heterocycles. The molecule has 0 spiro atoms. The van der Waals surface area contributed by atoms with Gasteiger partial charge in [0.05, 0.1) is 6.04 Å². The van der Waals surface area contributed by atoms with Crippen LogP contribution in [0.2, 0.25) is 0 Å². The second-order valence-electron chi connectivity index (χ2n) is 3.90. The largest absolute Gasteiger partial charge is 0.342 e. The molecule has 0 aliphatic carbocycles. The lowest BCUT2D eigenvalue weighted by atomic mass is 10.1. The van der Waals surface area contributed by atoms with Crippen molar-refractivity contribution in [1.29, 1.82) is 0 Å². The molecule has 0 radical (unpaired) electrons. The van der Waals surface area contributed by atoms with Gasteiger partial charge in [-0.15, -0.1) is 0 Å². The van der Waals surface area contributed by atoms with Crippen LogP contribution in [0.25, 0.3) is 0 Å². The molecule has 1 atom stereocenters. The molecule has 0 aliphatic heterocycles. The molecule has 0 aliphatic rings. The summed E-state index contributed by atoms with van der Waals surface area (Å²) in [6, 6.07) is 6.68. The van der Waals surface area contributed by atoms with Gasteiger partial charge in [0.25, 0.3) is 5.91 Å². The molecule has 1 rings (SSSR count). The number of thioether (sulfide) groups is 1. The molecule has 0 unspecified atom stereocenters. The van der Waals surface area contributed by atoms with Gasteiger partial charge in [0.2, 0.25) is 0 Å². The van der Waals surface area contributed by atoms with E-state index < -0.39 is 6.04 Å². The average molecular weight is 266 g/mol. The predicted octanol–water partition coefficient (Wildman–Crippen LogP) is 1.20. The van der Waals surface area contributed by atoms with Crippen LogP contribution in [0.5, 0.6) is 0 Å². The van der Waals surface area contributed by atoms with E-state index in [1.54, 1.807) is 30.0 Å². The summed E-state index contributed by atoms with van der Waals surface area (Å²) >= 11 is 1.65. The van der Waals surface area contributed by atoms with Crippen molar-refractivity contribution >= 4 is 24.0 Å². The van der Waals surface area contributed by atoms with Crippen LogP contribution < -0.4 is 11.1 Å². The lowest BCUT2D eigenvalue weighted by Gasteiger charge is -2.12. The molecule has 0 fully saturated rings. The van der Waals surface area contributed by atoms with Gasteiger partial charge < -0.3 is 15.8 Å². The standard InChI is InChI=1S/C13H18N2O2S/c1-18-6-5-12(9-16)15-13(17)11-4-2-3-10(7-11)8-14/h2-4,7,9,12H,5-6,8,14H2,1H3,(H,15,17)/t12-/m0/s1. The average Bonchev–Trinajstić information content (AvgIpc) is 2.43. The van der Waals surface area contributed by atoms with E-state index >= 15 is 0 Å². The van der Waals surface area contributed by atoms with Crippen LogP contribution >= 0.6 is 11.8 Å². The summed E-state index contributed by atoms with van der Waals surface area (Å²) in [7, 11) is 0. The Hall–Kier alpha value is -1.33. The molecule has 98 valence electrons. The lowest BCUT2D eigenvalue weighted by Crippen LogP contribution is -2.36. The Morgan fingerprint density at radius 3 is 2.94 bits per heavy atom. The fourth-order valence-corrected chi connectivity index (χ4v) is 2.00. The van der Waals surface area contributed by atoms with Crippen molar-refractivity contribution in [3.63, 3.8) is 0 Å². The van der Waals surface area contributed by atoms with Gasteiger partial charge in [0, 0.05) is 12.1 Å². The monoisotopic (exact) mass is 266 g/mol. The third-order valence-electron chi connectivity index (χ3n) is 2.54. The number of nitrogens with one attached hydrogen (secondary N) is 1. The molecule has 18 heavy (non-hydrogen) atoms. The zero-order valence-electron chi connectivity index (χ0n) is 10.4. The van der Waals surface area contributed by atoms with Crippen molar-refractivity contribution in [3.05, 3.63) is 35.4 Å². The summed E-state index contributed by atoms with van der Waals surface area (Å²) in [6.45, 7) is 0.394. The van der Waals surface area contributed by atoms with Gasteiger partial charge in [-0.3, -0.25) is 4.79 Å². The zero-order valence-corrected chi connectivity index (χ0v) is 11.2. The second kappa shape index (κ2) is 7.89. The summed E-state index contributed by atoms with van der Waals surface area (Å²) in [6.07, 6.45) is 3.39. The molecule has 0 bridgehead atoms. The first-order valence-electron chi connectivity index (χ1n) is 5.75. The number of hydrogen-bond acceptors (Lipinski definition) is 4. The van der Waals surface area contributed by atoms with Crippen LogP contribution in [0.4, 0.5) is 0 Å². The molecule has 1 aromatic carbocycles. The zero-order chi connectivity index (χ0) is 13.4. The number of carbonyl (C=O) groups excluding carboxylic acids is 2. The first kappa shape index (κ1) is 14.7. The minimum atomic E-state index is -0.425. The topological polar surface area (TPSA) is 72.2 Å². The number of amides is 1. The van der Waals surface area contributed by atoms with Gasteiger partial charge in [-0.25, -0.2) is 0 Å². The van der Waals surface area contributed by atoms with Crippen LogP contribution in [-0.2, 0) is 11.3 Å². The van der Waals surface area contributed by atoms with Gasteiger partial charge in [0.15, 0.2) is 0 Å². The number of rotatable bonds is 7. The summed E-state index contributed by atoms with van der Waals surface area (Å²) in [4.78, 5) is 22.8. The normalized spacial score (nSPS) is 11.9. The molecule has 3 N–H and O–H groups in total. The highest BCUT2D eigenvalue weighted by atomic mass is 32.2. The molecule has 4 nitrogen and oxygen atoms in total. The van der Waals surface area contributed by atoms with Crippen molar-refractivity contribution in [2.24, 2.45) is 5.73 Å². The molecule has 5 heteroatoms. The Morgan fingerprint density at radius 1 is 1.56 bits per heavy atom. The summed E-state index contributed by atoms with van der Waals surface area (Å²) < 4.78 is 0. The van der Waals surface area contributed by atoms with Crippen molar-refractivity contribution in [1.82, 2.24) is 5.32 Å². The Balaban J connectivity index is 2.65. The number of aldehydes is 1. The van der Waals surface area contributed by atoms with E-state index in [1.807, 2.05) is 12.3 Å². The Kier molecular flexibility index (Phi) is 6.46. The molecule has 0 saturated carbocycles. The SMILES string of the molecule is CSCC[C@@H](C=O)NC(=O)c1cccc(CN)c1. The Labute approximate surface area is 111 Å². The van der Waals surface area contributed by atoms with E-state index in [1.165, 1.54) is 0 Å². The minimum absolute atomic E-state index is 0.233. The quantitative estimate of drug-likeness (QED) is 0.727. The smallest absolute Gasteiger partial charge is 0.251 e. The van der Waals surface area contributed by atoms with Gasteiger partial charge in [-0.1, -0.05) is 12.1 Å². The molecule has 1 aromatic rings. The highest BCUT2D eigenvalue weighted by Crippen LogP contribution is 2.06. The fraction of sp³-hybridized carbons (Fsp3) is 0.385. The Morgan fingerprint density at radius 2 is 2.33 bits per heavy atom. The second-order valence-corrected chi connectivity index (χ2v) is 4.89. The molecule has 0 aromatic heterocycles. The van der Waals surface area contributed by atoms with Crippen LogP contribution in [0, 0.1) is 0 Å². The van der Waals surface area contributed by atoms with Gasteiger partial charge >= 0.3 is 0 Å². The molecular weight excluding hydrogens is 248 g/mol. The van der Waals surface area contributed by atoms with E-state index in [0.717, 1.165) is 17.6 Å². The van der Waals surface area contributed by atoms with Crippen LogP contribution in [0.3, 0.4) is 0 Å². The van der Waals surface area contributed by atoms with Crippen LogP contribution in [0.15, 0.2) is 24.3 Å². The highest BCUT2D eigenvalue weighted by Gasteiger charge is 2.12. The maximum absolute atomic E-state index is 11.9. The number of nitrogens with two attached hydrogens (primary N) is 1. The van der Waals surface area contributed by atoms with Gasteiger partial charge in [-0.2, -0.15) is 11.8 Å². The van der Waals surface area contributed by atoms with Crippen molar-refractivity contribution in [3.8, 4) is 0 Å². The maximum atomic E-state index is 11.9. The molecule has 1 amide bonds. The number of hydrogen-bond donors (Lipinski definition) is 2. The molecular formula is C13H18N2O2S. The first-order valence-corrected chi connectivity index (χ1v) is 7.14. The summed E-state index contributed by atoms with van der Waals surface area (Å²) in [5, 5.41) is 2.71. The van der Waals surface area contributed by atoms with Crippen LogP contribution in [-0.4, -0.2) is 30.2 Å². The predicted molar refractivity (Wildman–Crippen MR) is 74.7 cm³/mol. The number of carbonyl (C=O) groups is 2. The Bertz CT molecular complexity index is 410. The maximum Gasteiger partial charge on any atom is 0.251 e. The van der Waals surface area contributed by atoms with Gasteiger partial charge in [-0.05, 0) is 36.1 Å². The van der Waals surface area contributed by atoms with Gasteiger partial charge in [0.1, 0.15) is 6.29 Å². The highest BCUT2D eigenvalue weighted by molar-refractivity contribution is 7.98. The summed E-state index contributed by atoms with van der Waals surface area (Å²) in [5.41, 5.74) is 6.96. The van der Waals surface area contributed by atoms with Crippen molar-refractivity contribution in [2.45, 2.75) is 19.0 Å². The van der Waals surface area contributed by atoms with E-state index in [0.29, 0.717) is 18.5 Å². The van der Waals surface area contributed by atoms with Crippen molar-refractivity contribution < 1.29 is 9.59 Å². The fourth-order valence-electron chi connectivity index (χ4n) is 1.51.